The molecule has 0 aliphatic carbocycles. The number of nitrogens with one attached hydrogen (secondary N) is 2. The third-order valence-corrected chi connectivity index (χ3v) is 2.30. The van der Waals surface area contributed by atoms with Crippen molar-refractivity contribution in [1.82, 2.24) is 15.0 Å². The second-order valence-corrected chi connectivity index (χ2v) is 3.54. The molecule has 17 heavy (non-hydrogen) atoms. The first-order valence-corrected chi connectivity index (χ1v) is 5.52. The van der Waals surface area contributed by atoms with Crippen LogP contribution in [0.1, 0.15) is 5.69 Å². The molecule has 0 spiro atoms. The van der Waals surface area contributed by atoms with Crippen molar-refractivity contribution in [3.05, 3.63) is 42.5 Å². The molecule has 0 aliphatic heterocycles. The van der Waals surface area contributed by atoms with Gasteiger partial charge >= 0.3 is 0 Å². The van der Waals surface area contributed by atoms with E-state index in [0.29, 0.717) is 0 Å². The number of hydrogen-bond acceptors (Lipinski definition) is 5. The van der Waals surface area contributed by atoms with Gasteiger partial charge in [-0.3, -0.25) is 9.97 Å². The molecule has 0 amide bonds. The highest BCUT2D eigenvalue weighted by Gasteiger charge is 1.97. The highest BCUT2D eigenvalue weighted by molar-refractivity contribution is 5.40. The Morgan fingerprint density at radius 1 is 1.18 bits per heavy atom. The van der Waals surface area contributed by atoms with Crippen LogP contribution in [0.5, 0.6) is 0 Å². The van der Waals surface area contributed by atoms with Gasteiger partial charge in [-0.25, -0.2) is 4.98 Å². The van der Waals surface area contributed by atoms with Crippen LogP contribution < -0.4 is 10.6 Å². The molecule has 2 aromatic heterocycles. The molecule has 0 saturated heterocycles. The lowest BCUT2D eigenvalue weighted by Crippen LogP contribution is -2.08. The number of rotatable bonds is 5. The highest BCUT2D eigenvalue weighted by atomic mass is 15.1. The maximum absolute atomic E-state index is 4.32. The Hall–Kier alpha value is -2.17. The van der Waals surface area contributed by atoms with Crippen LogP contribution in [0.4, 0.5) is 11.6 Å². The van der Waals surface area contributed by atoms with Crippen molar-refractivity contribution in [1.29, 1.82) is 0 Å². The SMILES string of the molecule is CNc1cncc(NCCc2ccccn2)n1. The average Bonchev–Trinajstić information content (AvgIpc) is 2.40. The zero-order valence-electron chi connectivity index (χ0n) is 9.72. The predicted octanol–water partition coefficient (Wildman–Crippen LogP) is 1.57. The van der Waals surface area contributed by atoms with E-state index in [2.05, 4.69) is 25.6 Å². The van der Waals surface area contributed by atoms with Crippen molar-refractivity contribution < 1.29 is 0 Å². The van der Waals surface area contributed by atoms with Crippen molar-refractivity contribution in [3.8, 4) is 0 Å². The summed E-state index contributed by atoms with van der Waals surface area (Å²) in [5.74, 6) is 1.53. The van der Waals surface area contributed by atoms with E-state index < -0.39 is 0 Å². The van der Waals surface area contributed by atoms with E-state index in [-0.39, 0.29) is 0 Å². The van der Waals surface area contributed by atoms with Crippen LogP contribution in [0.15, 0.2) is 36.8 Å². The molecule has 2 aromatic rings. The van der Waals surface area contributed by atoms with Crippen LogP contribution in [0.2, 0.25) is 0 Å². The molecule has 0 atom stereocenters. The second kappa shape index (κ2) is 5.79. The summed E-state index contributed by atoms with van der Waals surface area (Å²) < 4.78 is 0. The van der Waals surface area contributed by atoms with E-state index in [4.69, 9.17) is 0 Å². The molecule has 5 nitrogen and oxygen atoms in total. The summed E-state index contributed by atoms with van der Waals surface area (Å²) in [4.78, 5) is 12.7. The van der Waals surface area contributed by atoms with Crippen molar-refractivity contribution in [2.45, 2.75) is 6.42 Å². The van der Waals surface area contributed by atoms with Gasteiger partial charge in [0.1, 0.15) is 11.6 Å². The van der Waals surface area contributed by atoms with E-state index in [1.54, 1.807) is 18.6 Å². The summed E-state index contributed by atoms with van der Waals surface area (Å²) >= 11 is 0. The molecule has 0 fully saturated rings. The molecule has 0 unspecified atom stereocenters. The molecule has 0 aliphatic rings. The van der Waals surface area contributed by atoms with Gasteiger partial charge in [0.15, 0.2) is 0 Å². The van der Waals surface area contributed by atoms with Crippen LogP contribution in [-0.2, 0) is 6.42 Å². The molecule has 2 heterocycles. The second-order valence-electron chi connectivity index (χ2n) is 3.54. The smallest absolute Gasteiger partial charge is 0.146 e. The van der Waals surface area contributed by atoms with E-state index in [1.807, 2.05) is 25.2 Å². The molecule has 5 heteroatoms. The molecule has 88 valence electrons. The normalized spacial score (nSPS) is 9.94. The van der Waals surface area contributed by atoms with Crippen LogP contribution in [0, 0.1) is 0 Å². The fourth-order valence-electron chi connectivity index (χ4n) is 1.44. The number of pyridine rings is 1. The average molecular weight is 229 g/mol. The first kappa shape index (κ1) is 11.3. The standard InChI is InChI=1S/C12H15N5/c1-13-11-8-14-9-12(17-11)16-7-5-10-4-2-3-6-15-10/h2-4,6,8-9H,5,7H2,1H3,(H2,13,16,17). The molecule has 2 N–H and O–H groups in total. The minimum atomic E-state index is 0.757. The van der Waals surface area contributed by atoms with Gasteiger partial charge in [0, 0.05) is 31.9 Å². The monoisotopic (exact) mass is 229 g/mol. The molecule has 0 aromatic carbocycles. The fraction of sp³-hybridized carbons (Fsp3) is 0.250. The Bertz CT molecular complexity index is 457. The summed E-state index contributed by atoms with van der Waals surface area (Å²) in [6.07, 6.45) is 6.06. The topological polar surface area (TPSA) is 62.7 Å². The van der Waals surface area contributed by atoms with Gasteiger partial charge in [0.05, 0.1) is 12.4 Å². The van der Waals surface area contributed by atoms with Crippen LogP contribution in [-0.4, -0.2) is 28.5 Å². The third kappa shape index (κ3) is 3.41. The Morgan fingerprint density at radius 2 is 2.06 bits per heavy atom. The van der Waals surface area contributed by atoms with Crippen molar-refractivity contribution in [3.63, 3.8) is 0 Å². The van der Waals surface area contributed by atoms with E-state index >= 15 is 0 Å². The third-order valence-electron chi connectivity index (χ3n) is 2.30. The molecule has 2 rings (SSSR count). The molecular weight excluding hydrogens is 214 g/mol. The predicted molar refractivity (Wildman–Crippen MR) is 68.0 cm³/mol. The lowest BCUT2D eigenvalue weighted by molar-refractivity contribution is 0.951. The van der Waals surface area contributed by atoms with E-state index in [1.165, 1.54) is 0 Å². The Morgan fingerprint density at radius 3 is 2.82 bits per heavy atom. The van der Waals surface area contributed by atoms with Crippen LogP contribution >= 0.6 is 0 Å². The first-order valence-electron chi connectivity index (χ1n) is 5.52. The fourth-order valence-corrected chi connectivity index (χ4v) is 1.44. The Kier molecular flexibility index (Phi) is 3.85. The van der Waals surface area contributed by atoms with Gasteiger partial charge in [-0.1, -0.05) is 6.07 Å². The minimum Gasteiger partial charge on any atom is -0.372 e. The summed E-state index contributed by atoms with van der Waals surface area (Å²) in [6.45, 7) is 0.791. The van der Waals surface area contributed by atoms with Gasteiger partial charge < -0.3 is 10.6 Å². The zero-order chi connectivity index (χ0) is 11.9. The maximum atomic E-state index is 4.32. The molecule has 0 saturated carbocycles. The highest BCUT2D eigenvalue weighted by Crippen LogP contribution is 2.05. The number of hydrogen-bond donors (Lipinski definition) is 2. The Labute approximate surface area is 100 Å². The van der Waals surface area contributed by atoms with Crippen LogP contribution in [0.3, 0.4) is 0 Å². The van der Waals surface area contributed by atoms with Gasteiger partial charge in [-0.2, -0.15) is 0 Å². The van der Waals surface area contributed by atoms with Crippen LogP contribution in [0.25, 0.3) is 0 Å². The summed E-state index contributed by atoms with van der Waals surface area (Å²) in [6, 6.07) is 5.92. The van der Waals surface area contributed by atoms with Gasteiger partial charge in [0.2, 0.25) is 0 Å². The largest absolute Gasteiger partial charge is 0.372 e. The quantitative estimate of drug-likeness (QED) is 0.814. The van der Waals surface area contributed by atoms with Gasteiger partial charge in [0.25, 0.3) is 0 Å². The van der Waals surface area contributed by atoms with E-state index in [9.17, 15) is 0 Å². The van der Waals surface area contributed by atoms with Crippen molar-refractivity contribution >= 4 is 11.6 Å². The van der Waals surface area contributed by atoms with Gasteiger partial charge in [-0.15, -0.1) is 0 Å². The molecular formula is C12H15N5. The lowest BCUT2D eigenvalue weighted by Gasteiger charge is -2.06. The number of anilines is 2. The maximum Gasteiger partial charge on any atom is 0.146 e. The zero-order valence-corrected chi connectivity index (χ0v) is 9.72. The van der Waals surface area contributed by atoms with Crippen molar-refractivity contribution in [2.75, 3.05) is 24.2 Å². The van der Waals surface area contributed by atoms with Crippen molar-refractivity contribution in [2.24, 2.45) is 0 Å². The Balaban J connectivity index is 1.86. The molecule has 0 radical (unpaired) electrons. The molecule has 0 bridgehead atoms. The summed E-state index contributed by atoms with van der Waals surface area (Å²) in [5, 5.41) is 6.16. The number of nitrogens with zero attached hydrogens (tertiary/aromatic N) is 3. The minimum absolute atomic E-state index is 0.757. The number of aromatic nitrogens is 3. The first-order chi connectivity index (χ1) is 8.38. The van der Waals surface area contributed by atoms with E-state index in [0.717, 1.165) is 30.3 Å². The van der Waals surface area contributed by atoms with Gasteiger partial charge in [-0.05, 0) is 12.1 Å². The summed E-state index contributed by atoms with van der Waals surface area (Å²) in [7, 11) is 1.82. The summed E-state index contributed by atoms with van der Waals surface area (Å²) in [5.41, 5.74) is 1.07. The lowest BCUT2D eigenvalue weighted by atomic mass is 10.3.